The summed E-state index contributed by atoms with van der Waals surface area (Å²) in [4.78, 5) is 8.08. The van der Waals surface area contributed by atoms with Gasteiger partial charge in [-0.15, -0.1) is 0 Å². The summed E-state index contributed by atoms with van der Waals surface area (Å²) in [5.41, 5.74) is 8.30. The quantitative estimate of drug-likeness (QED) is 0.839. The SMILES string of the molecule is Cc1ccc(C(O)Cc2ccnc(N)c2)cn1. The highest BCUT2D eigenvalue weighted by molar-refractivity contribution is 5.32. The highest BCUT2D eigenvalue weighted by Gasteiger charge is 2.09. The molecule has 2 heterocycles. The fourth-order valence-corrected chi connectivity index (χ4v) is 1.64. The molecule has 0 saturated carbocycles. The second-order valence-corrected chi connectivity index (χ2v) is 4.04. The van der Waals surface area contributed by atoms with Crippen LogP contribution in [0.15, 0.2) is 36.7 Å². The van der Waals surface area contributed by atoms with Crippen LogP contribution in [-0.4, -0.2) is 15.1 Å². The molecule has 0 radical (unpaired) electrons. The minimum atomic E-state index is -0.565. The van der Waals surface area contributed by atoms with Gasteiger partial charge in [0.2, 0.25) is 0 Å². The normalized spacial score (nSPS) is 12.4. The predicted molar refractivity (Wildman–Crippen MR) is 66.3 cm³/mol. The van der Waals surface area contributed by atoms with E-state index in [9.17, 15) is 5.11 Å². The minimum Gasteiger partial charge on any atom is -0.388 e. The molecule has 17 heavy (non-hydrogen) atoms. The lowest BCUT2D eigenvalue weighted by molar-refractivity contribution is 0.178. The second kappa shape index (κ2) is 4.93. The largest absolute Gasteiger partial charge is 0.388 e. The van der Waals surface area contributed by atoms with Gasteiger partial charge in [-0.25, -0.2) is 4.98 Å². The molecular weight excluding hydrogens is 214 g/mol. The Morgan fingerprint density at radius 3 is 2.76 bits per heavy atom. The van der Waals surface area contributed by atoms with Gasteiger partial charge >= 0.3 is 0 Å². The van der Waals surface area contributed by atoms with Crippen LogP contribution in [-0.2, 0) is 6.42 Å². The maximum atomic E-state index is 10.1. The summed E-state index contributed by atoms with van der Waals surface area (Å²) in [7, 11) is 0. The number of nitrogens with zero attached hydrogens (tertiary/aromatic N) is 2. The molecule has 2 aromatic rings. The third-order valence-electron chi connectivity index (χ3n) is 2.59. The van der Waals surface area contributed by atoms with Gasteiger partial charge in [-0.2, -0.15) is 0 Å². The maximum absolute atomic E-state index is 10.1. The first-order chi connectivity index (χ1) is 8.15. The van der Waals surface area contributed by atoms with Crippen LogP contribution >= 0.6 is 0 Å². The molecule has 4 nitrogen and oxygen atoms in total. The van der Waals surface area contributed by atoms with Gasteiger partial charge in [0.25, 0.3) is 0 Å². The lowest BCUT2D eigenvalue weighted by Gasteiger charge is -2.11. The van der Waals surface area contributed by atoms with E-state index >= 15 is 0 Å². The summed E-state index contributed by atoms with van der Waals surface area (Å²) in [6.45, 7) is 1.92. The molecule has 0 aliphatic rings. The Morgan fingerprint density at radius 1 is 1.29 bits per heavy atom. The number of aromatic nitrogens is 2. The molecule has 88 valence electrons. The van der Waals surface area contributed by atoms with Crippen molar-refractivity contribution in [2.45, 2.75) is 19.4 Å². The van der Waals surface area contributed by atoms with Crippen molar-refractivity contribution in [2.75, 3.05) is 5.73 Å². The van der Waals surface area contributed by atoms with Crippen LogP contribution in [0.5, 0.6) is 0 Å². The molecule has 2 aromatic heterocycles. The number of anilines is 1. The highest BCUT2D eigenvalue weighted by Crippen LogP contribution is 2.18. The first kappa shape index (κ1) is 11.5. The van der Waals surface area contributed by atoms with Gasteiger partial charge in [0.1, 0.15) is 5.82 Å². The maximum Gasteiger partial charge on any atom is 0.123 e. The average Bonchev–Trinajstić information content (AvgIpc) is 2.29. The molecule has 0 fully saturated rings. The van der Waals surface area contributed by atoms with E-state index in [1.807, 2.05) is 25.1 Å². The van der Waals surface area contributed by atoms with E-state index in [2.05, 4.69) is 9.97 Å². The third-order valence-corrected chi connectivity index (χ3v) is 2.59. The van der Waals surface area contributed by atoms with Crippen molar-refractivity contribution in [2.24, 2.45) is 0 Å². The van der Waals surface area contributed by atoms with E-state index in [1.165, 1.54) is 0 Å². The van der Waals surface area contributed by atoms with E-state index in [0.717, 1.165) is 16.8 Å². The number of aliphatic hydroxyl groups is 1. The van der Waals surface area contributed by atoms with Crippen molar-refractivity contribution in [1.29, 1.82) is 0 Å². The first-order valence-electron chi connectivity index (χ1n) is 5.46. The summed E-state index contributed by atoms with van der Waals surface area (Å²) in [5, 5.41) is 10.1. The van der Waals surface area contributed by atoms with Gasteiger partial charge < -0.3 is 10.8 Å². The fraction of sp³-hybridized carbons (Fsp3) is 0.231. The van der Waals surface area contributed by atoms with E-state index in [1.54, 1.807) is 18.5 Å². The molecule has 3 N–H and O–H groups in total. The van der Waals surface area contributed by atoms with Gasteiger partial charge in [-0.3, -0.25) is 4.98 Å². The molecular formula is C13H15N3O. The molecule has 0 amide bonds. The van der Waals surface area contributed by atoms with Crippen molar-refractivity contribution in [3.63, 3.8) is 0 Å². The number of pyridine rings is 2. The Hall–Kier alpha value is -1.94. The smallest absolute Gasteiger partial charge is 0.123 e. The van der Waals surface area contributed by atoms with Crippen LogP contribution in [0, 0.1) is 6.92 Å². The third kappa shape index (κ3) is 3.01. The highest BCUT2D eigenvalue weighted by atomic mass is 16.3. The predicted octanol–water partition coefficient (Wildman–Crippen LogP) is 1.64. The standard InChI is InChI=1S/C13H15N3O/c1-9-2-3-11(8-16-9)12(17)6-10-4-5-15-13(14)7-10/h2-5,7-8,12,17H,6H2,1H3,(H2,14,15). The van der Waals surface area contributed by atoms with Crippen LogP contribution in [0.25, 0.3) is 0 Å². The van der Waals surface area contributed by atoms with Gasteiger partial charge in [0, 0.05) is 24.5 Å². The summed E-state index contributed by atoms with van der Waals surface area (Å²) in [5.74, 6) is 0.469. The molecule has 0 aromatic carbocycles. The summed E-state index contributed by atoms with van der Waals surface area (Å²) >= 11 is 0. The van der Waals surface area contributed by atoms with Crippen LogP contribution in [0.3, 0.4) is 0 Å². The lowest BCUT2D eigenvalue weighted by Crippen LogP contribution is -2.03. The molecule has 0 spiro atoms. The van der Waals surface area contributed by atoms with E-state index in [4.69, 9.17) is 5.73 Å². The summed E-state index contributed by atoms with van der Waals surface area (Å²) in [6.07, 6.45) is 3.29. The van der Waals surface area contributed by atoms with E-state index in [0.29, 0.717) is 12.2 Å². The van der Waals surface area contributed by atoms with Crippen molar-refractivity contribution in [1.82, 2.24) is 9.97 Å². The zero-order valence-electron chi connectivity index (χ0n) is 9.67. The number of hydrogen-bond donors (Lipinski definition) is 2. The van der Waals surface area contributed by atoms with Crippen LogP contribution in [0.2, 0.25) is 0 Å². The van der Waals surface area contributed by atoms with Crippen LogP contribution in [0.4, 0.5) is 5.82 Å². The molecule has 1 unspecified atom stereocenters. The Morgan fingerprint density at radius 2 is 2.12 bits per heavy atom. The van der Waals surface area contributed by atoms with Crippen molar-refractivity contribution in [3.05, 3.63) is 53.5 Å². The van der Waals surface area contributed by atoms with Crippen molar-refractivity contribution < 1.29 is 5.11 Å². The van der Waals surface area contributed by atoms with E-state index < -0.39 is 6.10 Å². The zero-order chi connectivity index (χ0) is 12.3. The Bertz CT molecular complexity index is 496. The van der Waals surface area contributed by atoms with E-state index in [-0.39, 0.29) is 0 Å². The van der Waals surface area contributed by atoms with Gasteiger partial charge in [-0.1, -0.05) is 6.07 Å². The topological polar surface area (TPSA) is 72.0 Å². The number of aliphatic hydroxyl groups excluding tert-OH is 1. The Balaban J connectivity index is 2.11. The molecule has 0 bridgehead atoms. The average molecular weight is 229 g/mol. The molecule has 1 atom stereocenters. The molecule has 2 rings (SSSR count). The number of rotatable bonds is 3. The van der Waals surface area contributed by atoms with Crippen LogP contribution in [0.1, 0.15) is 22.9 Å². The van der Waals surface area contributed by atoms with Crippen molar-refractivity contribution >= 4 is 5.82 Å². The number of hydrogen-bond acceptors (Lipinski definition) is 4. The zero-order valence-corrected chi connectivity index (χ0v) is 9.67. The Labute approximate surface area is 100 Å². The van der Waals surface area contributed by atoms with Gasteiger partial charge in [0.15, 0.2) is 0 Å². The Kier molecular flexibility index (Phi) is 3.35. The summed E-state index contributed by atoms with van der Waals surface area (Å²) < 4.78 is 0. The van der Waals surface area contributed by atoms with Crippen molar-refractivity contribution in [3.8, 4) is 0 Å². The first-order valence-corrected chi connectivity index (χ1v) is 5.46. The molecule has 0 aliphatic heterocycles. The number of nitrogen functional groups attached to an aromatic ring is 1. The minimum absolute atomic E-state index is 0.469. The monoisotopic (exact) mass is 229 g/mol. The molecule has 0 aliphatic carbocycles. The van der Waals surface area contributed by atoms with Crippen LogP contribution < -0.4 is 5.73 Å². The molecule has 0 saturated heterocycles. The lowest BCUT2D eigenvalue weighted by atomic mass is 10.0. The van der Waals surface area contributed by atoms with Gasteiger partial charge in [-0.05, 0) is 36.2 Å². The fourth-order valence-electron chi connectivity index (χ4n) is 1.64. The molecule has 4 heteroatoms. The number of aryl methyl sites for hydroxylation is 1. The number of nitrogens with two attached hydrogens (primary N) is 1. The second-order valence-electron chi connectivity index (χ2n) is 4.04. The van der Waals surface area contributed by atoms with Gasteiger partial charge in [0.05, 0.1) is 6.10 Å². The summed E-state index contributed by atoms with van der Waals surface area (Å²) in [6, 6.07) is 7.39.